The molecule has 1 aliphatic rings. The lowest BCUT2D eigenvalue weighted by molar-refractivity contribution is 0.0605. The van der Waals surface area contributed by atoms with Gasteiger partial charge in [0.2, 0.25) is 10.0 Å². The smallest absolute Gasteiger partial charge is 0.244 e. The van der Waals surface area contributed by atoms with Crippen molar-refractivity contribution >= 4 is 10.0 Å². The van der Waals surface area contributed by atoms with Crippen LogP contribution >= 0.6 is 0 Å². The predicted octanol–water partition coefficient (Wildman–Crippen LogP) is 0.473. The van der Waals surface area contributed by atoms with Gasteiger partial charge in [-0.3, -0.25) is 4.98 Å². The second-order valence-corrected chi connectivity index (χ2v) is 6.32. The Kier molecular flexibility index (Phi) is 3.46. The van der Waals surface area contributed by atoms with Crippen LogP contribution in [-0.4, -0.2) is 42.0 Å². The fourth-order valence-electron chi connectivity index (χ4n) is 1.89. The standard InChI is InChI=1S/C11H16N2O3S/c1-9-4-6-13(8-11(9)14)17(15,16)10-3-2-5-12-7-10/h2-3,5,7,9,11,14H,4,6,8H2,1H3. The van der Waals surface area contributed by atoms with Crippen LogP contribution in [0.5, 0.6) is 0 Å². The zero-order chi connectivity index (χ0) is 12.5. The number of rotatable bonds is 2. The predicted molar refractivity (Wildman–Crippen MR) is 62.8 cm³/mol. The number of aliphatic hydroxyl groups excluding tert-OH is 1. The zero-order valence-corrected chi connectivity index (χ0v) is 10.5. The van der Waals surface area contributed by atoms with Gasteiger partial charge in [-0.1, -0.05) is 6.92 Å². The van der Waals surface area contributed by atoms with Crippen LogP contribution in [-0.2, 0) is 10.0 Å². The molecular formula is C11H16N2O3S. The van der Waals surface area contributed by atoms with Gasteiger partial charge in [-0.15, -0.1) is 0 Å². The molecule has 0 bridgehead atoms. The molecule has 1 aromatic heterocycles. The summed E-state index contributed by atoms with van der Waals surface area (Å²) in [5.41, 5.74) is 0. The zero-order valence-electron chi connectivity index (χ0n) is 9.65. The molecule has 2 rings (SSSR count). The van der Waals surface area contributed by atoms with E-state index in [0.717, 1.165) is 0 Å². The van der Waals surface area contributed by atoms with Crippen molar-refractivity contribution in [3.8, 4) is 0 Å². The first-order valence-electron chi connectivity index (χ1n) is 5.60. The van der Waals surface area contributed by atoms with E-state index in [2.05, 4.69) is 4.98 Å². The quantitative estimate of drug-likeness (QED) is 0.835. The van der Waals surface area contributed by atoms with Gasteiger partial charge in [0.1, 0.15) is 4.90 Å². The molecule has 2 unspecified atom stereocenters. The highest BCUT2D eigenvalue weighted by atomic mass is 32.2. The van der Waals surface area contributed by atoms with Crippen LogP contribution in [0.25, 0.3) is 0 Å². The third kappa shape index (κ3) is 2.48. The maximum absolute atomic E-state index is 12.2. The highest BCUT2D eigenvalue weighted by Crippen LogP contribution is 2.23. The number of hydrogen-bond donors (Lipinski definition) is 1. The van der Waals surface area contributed by atoms with Crippen LogP contribution in [0.4, 0.5) is 0 Å². The van der Waals surface area contributed by atoms with Gasteiger partial charge in [0.05, 0.1) is 6.10 Å². The SMILES string of the molecule is CC1CCN(S(=O)(=O)c2cccnc2)CC1O. The average Bonchev–Trinajstić information content (AvgIpc) is 2.33. The molecule has 1 fully saturated rings. The molecule has 1 saturated heterocycles. The van der Waals surface area contributed by atoms with E-state index in [-0.39, 0.29) is 17.4 Å². The van der Waals surface area contributed by atoms with Gasteiger partial charge in [-0.05, 0) is 24.5 Å². The summed E-state index contributed by atoms with van der Waals surface area (Å²) in [5, 5.41) is 9.74. The lowest BCUT2D eigenvalue weighted by Gasteiger charge is -2.33. The molecule has 0 spiro atoms. The molecule has 5 nitrogen and oxygen atoms in total. The molecular weight excluding hydrogens is 240 g/mol. The Hall–Kier alpha value is -0.980. The molecule has 0 aromatic carbocycles. The Morgan fingerprint density at radius 3 is 2.88 bits per heavy atom. The number of sulfonamides is 1. The topological polar surface area (TPSA) is 70.5 Å². The van der Waals surface area contributed by atoms with E-state index >= 15 is 0 Å². The Morgan fingerprint density at radius 1 is 1.53 bits per heavy atom. The fourth-order valence-corrected chi connectivity index (χ4v) is 3.32. The van der Waals surface area contributed by atoms with Crippen molar-refractivity contribution < 1.29 is 13.5 Å². The van der Waals surface area contributed by atoms with Crippen LogP contribution in [0.2, 0.25) is 0 Å². The lowest BCUT2D eigenvalue weighted by Crippen LogP contribution is -2.45. The first-order chi connectivity index (χ1) is 8.01. The van der Waals surface area contributed by atoms with E-state index in [9.17, 15) is 13.5 Å². The van der Waals surface area contributed by atoms with Crippen LogP contribution in [0, 0.1) is 5.92 Å². The fraction of sp³-hybridized carbons (Fsp3) is 0.545. The van der Waals surface area contributed by atoms with Crippen molar-refractivity contribution in [3.05, 3.63) is 24.5 Å². The van der Waals surface area contributed by atoms with E-state index < -0.39 is 16.1 Å². The van der Waals surface area contributed by atoms with Crippen LogP contribution < -0.4 is 0 Å². The van der Waals surface area contributed by atoms with Crippen LogP contribution in [0.1, 0.15) is 13.3 Å². The molecule has 17 heavy (non-hydrogen) atoms. The third-order valence-corrected chi connectivity index (χ3v) is 5.00. The number of nitrogens with zero attached hydrogens (tertiary/aromatic N) is 2. The molecule has 0 amide bonds. The van der Waals surface area contributed by atoms with Crippen molar-refractivity contribution in [3.63, 3.8) is 0 Å². The summed E-state index contributed by atoms with van der Waals surface area (Å²) in [6.07, 6.45) is 2.96. The lowest BCUT2D eigenvalue weighted by atomic mass is 9.98. The number of hydrogen-bond acceptors (Lipinski definition) is 4. The minimum atomic E-state index is -3.51. The summed E-state index contributed by atoms with van der Waals surface area (Å²) in [7, 11) is -3.51. The van der Waals surface area contributed by atoms with Crippen LogP contribution in [0.3, 0.4) is 0 Å². The van der Waals surface area contributed by atoms with Crippen molar-refractivity contribution in [2.75, 3.05) is 13.1 Å². The van der Waals surface area contributed by atoms with Crippen molar-refractivity contribution in [1.82, 2.24) is 9.29 Å². The van der Waals surface area contributed by atoms with E-state index in [1.165, 1.54) is 22.8 Å². The minimum absolute atomic E-state index is 0.148. The van der Waals surface area contributed by atoms with Crippen molar-refractivity contribution in [2.24, 2.45) is 5.92 Å². The molecule has 1 N–H and O–H groups in total. The molecule has 94 valence electrons. The largest absolute Gasteiger partial charge is 0.391 e. The Morgan fingerprint density at radius 2 is 2.29 bits per heavy atom. The van der Waals surface area contributed by atoms with Crippen LogP contribution in [0.15, 0.2) is 29.4 Å². The highest BCUT2D eigenvalue weighted by Gasteiger charge is 2.32. The summed E-state index contributed by atoms with van der Waals surface area (Å²) in [6, 6.07) is 3.11. The van der Waals surface area contributed by atoms with Gasteiger partial charge in [0.25, 0.3) is 0 Å². The Bertz CT molecular complexity index is 475. The summed E-state index contributed by atoms with van der Waals surface area (Å²) in [4.78, 5) is 3.99. The van der Waals surface area contributed by atoms with Crippen molar-refractivity contribution in [2.45, 2.75) is 24.3 Å². The van der Waals surface area contributed by atoms with Crippen molar-refractivity contribution in [1.29, 1.82) is 0 Å². The summed E-state index contributed by atoms with van der Waals surface area (Å²) < 4.78 is 25.8. The van der Waals surface area contributed by atoms with E-state index in [1.54, 1.807) is 6.07 Å². The molecule has 2 heterocycles. The second kappa shape index (κ2) is 4.72. The van der Waals surface area contributed by atoms with Gasteiger partial charge < -0.3 is 5.11 Å². The Balaban J connectivity index is 2.23. The number of pyridine rings is 1. The molecule has 6 heteroatoms. The van der Waals surface area contributed by atoms with Gasteiger partial charge in [-0.2, -0.15) is 4.31 Å². The number of β-amino-alcohol motifs (C(OH)–C–C–N with tert-alkyl or cyclic N) is 1. The molecule has 0 saturated carbocycles. The highest BCUT2D eigenvalue weighted by molar-refractivity contribution is 7.89. The maximum atomic E-state index is 12.2. The monoisotopic (exact) mass is 256 g/mol. The van der Waals surface area contributed by atoms with Gasteiger partial charge in [0, 0.05) is 25.5 Å². The molecule has 1 aromatic rings. The first kappa shape index (κ1) is 12.5. The normalized spacial score (nSPS) is 26.9. The van der Waals surface area contributed by atoms with Gasteiger partial charge >= 0.3 is 0 Å². The number of aliphatic hydroxyl groups is 1. The molecule has 0 aliphatic carbocycles. The third-order valence-electron chi connectivity index (χ3n) is 3.15. The molecule has 2 atom stereocenters. The molecule has 0 radical (unpaired) electrons. The average molecular weight is 256 g/mol. The number of piperidine rings is 1. The number of aromatic nitrogens is 1. The maximum Gasteiger partial charge on any atom is 0.244 e. The van der Waals surface area contributed by atoms with E-state index in [1.807, 2.05) is 6.92 Å². The summed E-state index contributed by atoms with van der Waals surface area (Å²) >= 11 is 0. The Labute approximate surface area is 101 Å². The van der Waals surface area contributed by atoms with Gasteiger partial charge in [-0.25, -0.2) is 8.42 Å². The summed E-state index contributed by atoms with van der Waals surface area (Å²) in [6.45, 7) is 2.55. The van der Waals surface area contributed by atoms with Gasteiger partial charge in [0.15, 0.2) is 0 Å². The van der Waals surface area contributed by atoms with E-state index in [4.69, 9.17) is 0 Å². The summed E-state index contributed by atoms with van der Waals surface area (Å²) in [5.74, 6) is 0.148. The second-order valence-electron chi connectivity index (χ2n) is 4.39. The van der Waals surface area contributed by atoms with E-state index in [0.29, 0.717) is 13.0 Å². The molecule has 1 aliphatic heterocycles. The first-order valence-corrected chi connectivity index (χ1v) is 7.04. The minimum Gasteiger partial charge on any atom is -0.391 e.